The summed E-state index contributed by atoms with van der Waals surface area (Å²) in [5.74, 6) is 0.758. The predicted octanol–water partition coefficient (Wildman–Crippen LogP) is 4.35. The summed E-state index contributed by atoms with van der Waals surface area (Å²) < 4.78 is 5.59. The fourth-order valence-electron chi connectivity index (χ4n) is 1.53. The van der Waals surface area contributed by atoms with E-state index in [9.17, 15) is 4.79 Å². The van der Waals surface area contributed by atoms with Crippen LogP contribution in [0.3, 0.4) is 0 Å². The molecule has 3 heteroatoms. The first-order valence-corrected chi connectivity index (χ1v) is 6.24. The van der Waals surface area contributed by atoms with Crippen LogP contribution in [0.2, 0.25) is 5.02 Å². The molecular weight excluding hydrogens is 260 g/mol. The van der Waals surface area contributed by atoms with Gasteiger partial charge in [0.1, 0.15) is 5.75 Å². The maximum absolute atomic E-state index is 11.6. The Kier molecular flexibility index (Phi) is 4.37. The molecule has 2 aromatic rings. The minimum absolute atomic E-state index is 0.126. The van der Waals surface area contributed by atoms with Gasteiger partial charge in [-0.25, -0.2) is 0 Å². The van der Waals surface area contributed by atoms with Crippen molar-refractivity contribution in [3.8, 4) is 5.75 Å². The number of allylic oxidation sites excluding steroid dienone is 1. The molecule has 0 aliphatic rings. The lowest BCUT2D eigenvalue weighted by Gasteiger charge is -2.07. The Morgan fingerprint density at radius 3 is 2.26 bits per heavy atom. The first-order valence-electron chi connectivity index (χ1n) is 5.86. The van der Waals surface area contributed by atoms with E-state index in [1.54, 1.807) is 30.3 Å². The van der Waals surface area contributed by atoms with Gasteiger partial charge in [-0.05, 0) is 35.9 Å². The van der Waals surface area contributed by atoms with E-state index in [0.29, 0.717) is 16.5 Å². The number of benzene rings is 2. The molecule has 0 amide bonds. The summed E-state index contributed by atoms with van der Waals surface area (Å²) in [6, 6.07) is 16.5. The number of halogens is 1. The molecule has 0 aliphatic heterocycles. The molecule has 0 aliphatic carbocycles. The monoisotopic (exact) mass is 272 g/mol. The summed E-state index contributed by atoms with van der Waals surface area (Å²) >= 11 is 5.80. The van der Waals surface area contributed by atoms with E-state index >= 15 is 0 Å². The summed E-state index contributed by atoms with van der Waals surface area (Å²) in [6.07, 6.45) is 1.72. The van der Waals surface area contributed by atoms with Crippen molar-refractivity contribution in [1.82, 2.24) is 0 Å². The fourth-order valence-corrected chi connectivity index (χ4v) is 1.66. The first kappa shape index (κ1) is 13.4. The highest BCUT2D eigenvalue weighted by Crippen LogP contribution is 2.19. The summed E-state index contributed by atoms with van der Waals surface area (Å²) in [5.41, 5.74) is 0.918. The van der Waals surface area contributed by atoms with Crippen LogP contribution in [-0.2, 0) is 4.79 Å². The van der Waals surface area contributed by atoms with E-state index in [-0.39, 0.29) is 5.78 Å². The van der Waals surface area contributed by atoms with Crippen LogP contribution in [0.15, 0.2) is 60.4 Å². The van der Waals surface area contributed by atoms with Crippen molar-refractivity contribution in [2.75, 3.05) is 0 Å². The second kappa shape index (κ2) is 6.21. The maximum Gasteiger partial charge on any atom is 0.194 e. The Morgan fingerprint density at radius 2 is 1.68 bits per heavy atom. The lowest BCUT2D eigenvalue weighted by atomic mass is 10.2. The lowest BCUT2D eigenvalue weighted by molar-refractivity contribution is -0.115. The van der Waals surface area contributed by atoms with Gasteiger partial charge in [0.15, 0.2) is 11.5 Å². The Balaban J connectivity index is 2.24. The number of Topliss-reactive ketones (excluding diaryl/α,β-unsaturated/α-hetero) is 1. The molecule has 0 heterocycles. The number of hydrogen-bond acceptors (Lipinski definition) is 2. The molecule has 2 nitrogen and oxygen atoms in total. The van der Waals surface area contributed by atoms with Crippen LogP contribution in [0.5, 0.6) is 5.75 Å². The number of hydrogen-bond donors (Lipinski definition) is 0. The zero-order valence-corrected chi connectivity index (χ0v) is 11.2. The van der Waals surface area contributed by atoms with Crippen molar-refractivity contribution in [3.63, 3.8) is 0 Å². The third-order valence-corrected chi connectivity index (χ3v) is 2.74. The van der Waals surface area contributed by atoms with Gasteiger partial charge in [-0.2, -0.15) is 0 Å². The second-order valence-electron chi connectivity index (χ2n) is 4.03. The highest BCUT2D eigenvalue weighted by Gasteiger charge is 2.07. The summed E-state index contributed by atoms with van der Waals surface area (Å²) in [4.78, 5) is 11.6. The van der Waals surface area contributed by atoms with E-state index < -0.39 is 0 Å². The van der Waals surface area contributed by atoms with Crippen molar-refractivity contribution >= 4 is 23.5 Å². The van der Waals surface area contributed by atoms with Crippen molar-refractivity contribution in [3.05, 3.63) is 70.9 Å². The summed E-state index contributed by atoms with van der Waals surface area (Å²) in [5, 5.41) is 0.628. The molecule has 0 spiro atoms. The molecule has 0 bridgehead atoms. The van der Waals surface area contributed by atoms with Gasteiger partial charge in [-0.1, -0.05) is 41.9 Å². The van der Waals surface area contributed by atoms with Gasteiger partial charge in [0.25, 0.3) is 0 Å². The average molecular weight is 273 g/mol. The van der Waals surface area contributed by atoms with Crippen molar-refractivity contribution in [2.24, 2.45) is 0 Å². The minimum Gasteiger partial charge on any atom is -0.454 e. The highest BCUT2D eigenvalue weighted by atomic mass is 35.5. The SMILES string of the molecule is CC(=O)C(=Cc1ccccc1)Oc1ccc(Cl)cc1. The van der Waals surface area contributed by atoms with Crippen LogP contribution in [0, 0.1) is 0 Å². The van der Waals surface area contributed by atoms with E-state index in [4.69, 9.17) is 16.3 Å². The number of carbonyl (C=O) groups is 1. The first-order chi connectivity index (χ1) is 9.15. The number of carbonyl (C=O) groups excluding carboxylic acids is 1. The largest absolute Gasteiger partial charge is 0.454 e. The van der Waals surface area contributed by atoms with Gasteiger partial charge in [0.2, 0.25) is 0 Å². The molecule has 0 fully saturated rings. The molecule has 0 aromatic heterocycles. The Morgan fingerprint density at radius 1 is 1.05 bits per heavy atom. The van der Waals surface area contributed by atoms with Gasteiger partial charge < -0.3 is 4.74 Å². The maximum atomic E-state index is 11.6. The highest BCUT2D eigenvalue weighted by molar-refractivity contribution is 6.30. The summed E-state index contributed by atoms with van der Waals surface area (Å²) in [7, 11) is 0. The van der Waals surface area contributed by atoms with Gasteiger partial charge in [0.05, 0.1) is 0 Å². The van der Waals surface area contributed by atoms with Crippen LogP contribution in [0.1, 0.15) is 12.5 Å². The molecular formula is C16H13ClO2. The van der Waals surface area contributed by atoms with Crippen LogP contribution in [-0.4, -0.2) is 5.78 Å². The standard InChI is InChI=1S/C16H13ClO2/c1-12(18)16(11-13-5-3-2-4-6-13)19-15-9-7-14(17)8-10-15/h2-11H,1H3. The van der Waals surface area contributed by atoms with Crippen LogP contribution in [0.4, 0.5) is 0 Å². The van der Waals surface area contributed by atoms with Gasteiger partial charge in [-0.15, -0.1) is 0 Å². The fraction of sp³-hybridized carbons (Fsp3) is 0.0625. The molecule has 0 saturated heterocycles. The zero-order chi connectivity index (χ0) is 13.7. The lowest BCUT2D eigenvalue weighted by Crippen LogP contribution is -2.04. The van der Waals surface area contributed by atoms with Crippen molar-refractivity contribution < 1.29 is 9.53 Å². The number of ketones is 1. The van der Waals surface area contributed by atoms with E-state index in [2.05, 4.69) is 0 Å². The predicted molar refractivity (Wildman–Crippen MR) is 77.2 cm³/mol. The second-order valence-corrected chi connectivity index (χ2v) is 4.47. The Bertz CT molecular complexity index is 586. The molecule has 0 unspecified atom stereocenters. The minimum atomic E-state index is -0.126. The van der Waals surface area contributed by atoms with Crippen LogP contribution >= 0.6 is 11.6 Å². The van der Waals surface area contributed by atoms with E-state index in [1.165, 1.54) is 6.92 Å². The van der Waals surface area contributed by atoms with Crippen LogP contribution < -0.4 is 4.74 Å². The Hall–Kier alpha value is -2.06. The van der Waals surface area contributed by atoms with Gasteiger partial charge in [-0.3, -0.25) is 4.79 Å². The molecule has 19 heavy (non-hydrogen) atoms. The normalized spacial score (nSPS) is 11.2. The Labute approximate surface area is 117 Å². The molecule has 2 aromatic carbocycles. The molecule has 2 rings (SSSR count). The number of rotatable bonds is 4. The number of ether oxygens (including phenoxy) is 1. The molecule has 0 atom stereocenters. The molecule has 0 N–H and O–H groups in total. The third kappa shape index (κ3) is 3.97. The summed E-state index contributed by atoms with van der Waals surface area (Å²) in [6.45, 7) is 1.48. The molecule has 96 valence electrons. The average Bonchev–Trinajstić information content (AvgIpc) is 2.41. The quantitative estimate of drug-likeness (QED) is 0.611. The van der Waals surface area contributed by atoms with Crippen LogP contribution in [0.25, 0.3) is 6.08 Å². The molecule has 0 radical (unpaired) electrons. The van der Waals surface area contributed by atoms with Gasteiger partial charge in [0, 0.05) is 11.9 Å². The van der Waals surface area contributed by atoms with Crippen molar-refractivity contribution in [2.45, 2.75) is 6.92 Å². The molecule has 0 saturated carbocycles. The van der Waals surface area contributed by atoms with E-state index in [0.717, 1.165) is 5.56 Å². The van der Waals surface area contributed by atoms with Crippen molar-refractivity contribution in [1.29, 1.82) is 0 Å². The van der Waals surface area contributed by atoms with E-state index in [1.807, 2.05) is 30.3 Å². The topological polar surface area (TPSA) is 26.3 Å². The smallest absolute Gasteiger partial charge is 0.194 e. The third-order valence-electron chi connectivity index (χ3n) is 2.49. The van der Waals surface area contributed by atoms with Gasteiger partial charge >= 0.3 is 0 Å². The zero-order valence-electron chi connectivity index (χ0n) is 10.5.